The maximum Gasteiger partial charge on any atom is 0.148 e. The Kier molecular flexibility index (Phi) is 9.17. The van der Waals surface area contributed by atoms with Crippen molar-refractivity contribution in [2.75, 3.05) is 12.3 Å². The minimum atomic E-state index is -3.63. The van der Waals surface area contributed by atoms with Gasteiger partial charge in [-0.15, -0.1) is 0 Å². The topological polar surface area (TPSA) is 115 Å². The third-order valence-electron chi connectivity index (χ3n) is 5.05. The van der Waals surface area contributed by atoms with Crippen LogP contribution in [-0.4, -0.2) is 56.1 Å². The highest BCUT2D eigenvalue weighted by atomic mass is 31.2. The van der Waals surface area contributed by atoms with Crippen LogP contribution in [0.3, 0.4) is 0 Å². The van der Waals surface area contributed by atoms with Gasteiger partial charge >= 0.3 is 0 Å². The molecule has 0 bridgehead atoms. The molecule has 4 atom stereocenters. The first-order valence-electron chi connectivity index (χ1n) is 9.14. The van der Waals surface area contributed by atoms with Gasteiger partial charge in [-0.2, -0.15) is 0 Å². The van der Waals surface area contributed by atoms with E-state index in [1.54, 1.807) is 0 Å². The fraction of sp³-hybridized carbons (Fsp3) is 1.00. The number of hydrogen-bond acceptors (Lipinski definition) is 6. The molecule has 4 N–H and O–H groups in total. The molecule has 24 heavy (non-hydrogen) atoms. The second-order valence-electron chi connectivity index (χ2n) is 6.93. The van der Waals surface area contributed by atoms with Gasteiger partial charge in [0.25, 0.3) is 0 Å². The smallest absolute Gasteiger partial charge is 0.148 e. The monoisotopic (exact) mass is 384 g/mol. The van der Waals surface area contributed by atoms with Crippen molar-refractivity contribution in [3.8, 4) is 0 Å². The fourth-order valence-electron chi connectivity index (χ4n) is 3.32. The average molecular weight is 384 g/mol. The largest absolute Gasteiger partial charge is 0.382 e. The lowest BCUT2D eigenvalue weighted by atomic mass is 10.2. The molecule has 0 aromatic heterocycles. The lowest BCUT2D eigenvalue weighted by Gasteiger charge is -2.44. The molecule has 1 saturated heterocycles. The van der Waals surface area contributed by atoms with Gasteiger partial charge in [-0.25, -0.2) is 0 Å². The summed E-state index contributed by atoms with van der Waals surface area (Å²) >= 11 is 0. The molecular formula is C16H34O6P2. The Morgan fingerprint density at radius 1 is 0.583 bits per heavy atom. The summed E-state index contributed by atoms with van der Waals surface area (Å²) in [5, 5.41) is 41.3. The summed E-state index contributed by atoms with van der Waals surface area (Å²) in [6, 6.07) is 0. The van der Waals surface area contributed by atoms with Gasteiger partial charge in [0.2, 0.25) is 0 Å². The van der Waals surface area contributed by atoms with E-state index in [4.69, 9.17) is 0 Å². The molecule has 0 amide bonds. The molecule has 0 saturated carbocycles. The van der Waals surface area contributed by atoms with E-state index in [9.17, 15) is 29.6 Å². The molecule has 1 aliphatic rings. The Balaban J connectivity index is 2.84. The average Bonchev–Trinajstić information content (AvgIpc) is 2.58. The standard InChI is InChI=1S/C16H34O6P2/c1-3-5-7-9-11-23(21)13(17)15(19)24(22,16(20)14(23)18)12-10-8-6-4-2/h13-20H,3-12H2,1-2H3. The third-order valence-corrected chi connectivity index (χ3v) is 12.3. The molecule has 1 aliphatic heterocycles. The minimum Gasteiger partial charge on any atom is -0.382 e. The highest BCUT2D eigenvalue weighted by molar-refractivity contribution is 7.72. The van der Waals surface area contributed by atoms with Crippen molar-refractivity contribution in [1.29, 1.82) is 0 Å². The van der Waals surface area contributed by atoms with E-state index in [1.165, 1.54) is 0 Å². The van der Waals surface area contributed by atoms with Crippen LogP contribution in [0.1, 0.15) is 65.2 Å². The molecule has 1 rings (SSSR count). The molecule has 0 spiro atoms. The molecule has 8 heteroatoms. The van der Waals surface area contributed by atoms with Crippen LogP contribution in [0.25, 0.3) is 0 Å². The molecule has 0 aliphatic carbocycles. The van der Waals surface area contributed by atoms with E-state index in [2.05, 4.69) is 0 Å². The van der Waals surface area contributed by atoms with Crippen LogP contribution in [0.15, 0.2) is 0 Å². The SMILES string of the molecule is CCCCCCP1(=O)C(O)C(O)P(=O)(CCCCCC)C(O)C1O. The Morgan fingerprint density at radius 2 is 0.875 bits per heavy atom. The number of aliphatic hydroxyl groups excluding tert-OH is 4. The maximum absolute atomic E-state index is 13.0. The number of aliphatic hydroxyl groups is 4. The van der Waals surface area contributed by atoms with Crippen molar-refractivity contribution in [2.45, 2.75) is 88.6 Å². The molecule has 144 valence electrons. The normalized spacial score (nSPS) is 39.9. The molecule has 0 aromatic rings. The Bertz CT molecular complexity index is 403. The van der Waals surface area contributed by atoms with Gasteiger partial charge in [0.1, 0.15) is 37.7 Å². The number of rotatable bonds is 10. The molecule has 1 fully saturated rings. The zero-order chi connectivity index (χ0) is 18.4. The van der Waals surface area contributed by atoms with Crippen LogP contribution >= 0.6 is 14.3 Å². The Labute approximate surface area is 145 Å². The molecule has 1 heterocycles. The minimum absolute atomic E-state index is 0.0548. The summed E-state index contributed by atoms with van der Waals surface area (Å²) in [4.78, 5) is 0. The fourth-order valence-corrected chi connectivity index (χ4v) is 10.9. The second-order valence-corrected chi connectivity index (χ2v) is 13.4. The summed E-state index contributed by atoms with van der Waals surface area (Å²) in [6.45, 7) is 4.07. The van der Waals surface area contributed by atoms with Crippen LogP contribution in [-0.2, 0) is 9.13 Å². The van der Waals surface area contributed by atoms with E-state index < -0.39 is 37.7 Å². The zero-order valence-electron chi connectivity index (χ0n) is 14.9. The van der Waals surface area contributed by atoms with Gasteiger partial charge in [-0.05, 0) is 12.8 Å². The first-order valence-corrected chi connectivity index (χ1v) is 13.2. The van der Waals surface area contributed by atoms with Crippen LogP contribution in [0.5, 0.6) is 0 Å². The number of unbranched alkanes of at least 4 members (excludes halogenated alkanes) is 6. The first-order chi connectivity index (χ1) is 11.3. The van der Waals surface area contributed by atoms with Crippen LogP contribution < -0.4 is 0 Å². The highest BCUT2D eigenvalue weighted by Gasteiger charge is 2.60. The van der Waals surface area contributed by atoms with Crippen molar-refractivity contribution in [3.63, 3.8) is 0 Å². The lowest BCUT2D eigenvalue weighted by Crippen LogP contribution is -2.45. The Morgan fingerprint density at radius 3 is 1.12 bits per heavy atom. The summed E-state index contributed by atoms with van der Waals surface area (Å²) in [7, 11) is -7.27. The van der Waals surface area contributed by atoms with Crippen LogP contribution in [0.2, 0.25) is 0 Å². The van der Waals surface area contributed by atoms with Gasteiger partial charge in [0.05, 0.1) is 0 Å². The molecular weight excluding hydrogens is 350 g/mol. The maximum atomic E-state index is 13.0. The Hall–Kier alpha value is 0.300. The predicted octanol–water partition coefficient (Wildman–Crippen LogP) is 3.16. The van der Waals surface area contributed by atoms with Crippen LogP contribution in [0.4, 0.5) is 0 Å². The van der Waals surface area contributed by atoms with Gasteiger partial charge in [-0.3, -0.25) is 0 Å². The predicted molar refractivity (Wildman–Crippen MR) is 97.3 cm³/mol. The molecule has 6 nitrogen and oxygen atoms in total. The quantitative estimate of drug-likeness (QED) is 0.340. The van der Waals surface area contributed by atoms with E-state index in [0.29, 0.717) is 12.8 Å². The van der Waals surface area contributed by atoms with E-state index in [-0.39, 0.29) is 12.3 Å². The molecule has 4 unspecified atom stereocenters. The first kappa shape index (κ1) is 22.3. The summed E-state index contributed by atoms with van der Waals surface area (Å²) < 4.78 is 26.0. The van der Waals surface area contributed by atoms with Crippen molar-refractivity contribution in [2.24, 2.45) is 0 Å². The summed E-state index contributed by atoms with van der Waals surface area (Å²) in [5.41, 5.74) is 0. The lowest BCUT2D eigenvalue weighted by molar-refractivity contribution is 0.0622. The van der Waals surface area contributed by atoms with Gasteiger partial charge in [0, 0.05) is 12.3 Å². The van der Waals surface area contributed by atoms with Crippen molar-refractivity contribution in [1.82, 2.24) is 0 Å². The van der Waals surface area contributed by atoms with Gasteiger partial charge < -0.3 is 29.6 Å². The van der Waals surface area contributed by atoms with Crippen molar-refractivity contribution in [3.05, 3.63) is 0 Å². The van der Waals surface area contributed by atoms with Crippen molar-refractivity contribution >= 4 is 14.3 Å². The highest BCUT2D eigenvalue weighted by Crippen LogP contribution is 2.72. The number of hydrogen-bond donors (Lipinski definition) is 4. The van der Waals surface area contributed by atoms with E-state index in [0.717, 1.165) is 38.5 Å². The van der Waals surface area contributed by atoms with Gasteiger partial charge in [0.15, 0.2) is 0 Å². The summed E-state index contributed by atoms with van der Waals surface area (Å²) in [5.74, 6) is -6.85. The van der Waals surface area contributed by atoms with Gasteiger partial charge in [-0.1, -0.05) is 52.4 Å². The summed E-state index contributed by atoms with van der Waals surface area (Å²) in [6.07, 6.45) is 6.70. The second kappa shape index (κ2) is 9.85. The zero-order valence-corrected chi connectivity index (χ0v) is 16.7. The third kappa shape index (κ3) is 4.72. The van der Waals surface area contributed by atoms with Crippen molar-refractivity contribution < 1.29 is 29.6 Å². The van der Waals surface area contributed by atoms with E-state index >= 15 is 0 Å². The molecule has 0 aromatic carbocycles. The van der Waals surface area contributed by atoms with Crippen LogP contribution in [0, 0.1) is 0 Å². The van der Waals surface area contributed by atoms with E-state index in [1.807, 2.05) is 13.8 Å². The molecule has 0 radical (unpaired) electrons.